The molecule has 152 valence electrons. The van der Waals surface area contributed by atoms with Crippen molar-refractivity contribution in [3.05, 3.63) is 66.2 Å². The maximum atomic E-state index is 13.0. The quantitative estimate of drug-likeness (QED) is 0.680. The van der Waals surface area contributed by atoms with Crippen molar-refractivity contribution in [3.63, 3.8) is 0 Å². The molecule has 1 heterocycles. The molecule has 1 atom stereocenters. The molecular formula is C22H23NO5S. The van der Waals surface area contributed by atoms with E-state index in [-0.39, 0.29) is 11.5 Å². The Labute approximate surface area is 170 Å². The molecule has 2 aromatic rings. The largest absolute Gasteiger partial charge is 0.455 e. The van der Waals surface area contributed by atoms with E-state index in [1.54, 1.807) is 24.3 Å². The molecular weight excluding hydrogens is 390 g/mol. The van der Waals surface area contributed by atoms with Gasteiger partial charge in [0.25, 0.3) is 5.91 Å². The van der Waals surface area contributed by atoms with E-state index in [0.29, 0.717) is 24.9 Å². The SMILES string of the molecule is O=C(COC(=O)C1(c2ccccc2)CC1)N(c1ccccc1)[C@@H]1CCS(=O)(=O)C1. The number of sulfone groups is 1. The number of hydrogen-bond acceptors (Lipinski definition) is 5. The minimum Gasteiger partial charge on any atom is -0.455 e. The fourth-order valence-electron chi connectivity index (χ4n) is 3.95. The van der Waals surface area contributed by atoms with Crippen LogP contribution in [-0.4, -0.2) is 44.4 Å². The van der Waals surface area contributed by atoms with Gasteiger partial charge in [0.1, 0.15) is 0 Å². The van der Waals surface area contributed by atoms with E-state index in [0.717, 1.165) is 5.56 Å². The highest BCUT2D eigenvalue weighted by Crippen LogP contribution is 2.49. The van der Waals surface area contributed by atoms with Crippen molar-refractivity contribution in [1.29, 1.82) is 0 Å². The molecule has 1 aliphatic carbocycles. The molecule has 1 saturated carbocycles. The number of anilines is 1. The summed E-state index contributed by atoms with van der Waals surface area (Å²) in [5.41, 5.74) is 0.856. The highest BCUT2D eigenvalue weighted by atomic mass is 32.2. The van der Waals surface area contributed by atoms with Gasteiger partial charge in [-0.15, -0.1) is 0 Å². The zero-order valence-corrected chi connectivity index (χ0v) is 16.8. The Balaban J connectivity index is 1.48. The average molecular weight is 413 g/mol. The van der Waals surface area contributed by atoms with E-state index in [9.17, 15) is 18.0 Å². The number of rotatable bonds is 6. The molecule has 0 aromatic heterocycles. The van der Waals surface area contributed by atoms with Crippen LogP contribution in [0.4, 0.5) is 5.69 Å². The molecule has 2 aromatic carbocycles. The molecule has 2 fully saturated rings. The number of ether oxygens (including phenoxy) is 1. The van der Waals surface area contributed by atoms with Crippen molar-refractivity contribution in [1.82, 2.24) is 0 Å². The molecule has 0 spiro atoms. The number of esters is 1. The van der Waals surface area contributed by atoms with Gasteiger partial charge < -0.3 is 9.64 Å². The Morgan fingerprint density at radius 3 is 2.17 bits per heavy atom. The first-order chi connectivity index (χ1) is 13.9. The van der Waals surface area contributed by atoms with Crippen molar-refractivity contribution < 1.29 is 22.7 Å². The van der Waals surface area contributed by atoms with Crippen molar-refractivity contribution in [2.75, 3.05) is 23.0 Å². The van der Waals surface area contributed by atoms with Gasteiger partial charge in [0.05, 0.1) is 23.0 Å². The van der Waals surface area contributed by atoms with Crippen molar-refractivity contribution in [3.8, 4) is 0 Å². The third kappa shape index (κ3) is 4.05. The fraction of sp³-hybridized carbons (Fsp3) is 0.364. The Morgan fingerprint density at radius 2 is 1.62 bits per heavy atom. The lowest BCUT2D eigenvalue weighted by Gasteiger charge is -2.28. The summed E-state index contributed by atoms with van der Waals surface area (Å²) in [5.74, 6) is -0.819. The van der Waals surface area contributed by atoms with Gasteiger partial charge in [-0.05, 0) is 37.0 Å². The maximum Gasteiger partial charge on any atom is 0.317 e. The van der Waals surface area contributed by atoms with Crippen molar-refractivity contribution >= 4 is 27.4 Å². The first-order valence-electron chi connectivity index (χ1n) is 9.72. The maximum absolute atomic E-state index is 13.0. The second-order valence-electron chi connectivity index (χ2n) is 7.68. The minimum absolute atomic E-state index is 0.0607. The summed E-state index contributed by atoms with van der Waals surface area (Å²) >= 11 is 0. The third-order valence-electron chi connectivity index (χ3n) is 5.67. The molecule has 1 saturated heterocycles. The highest BCUT2D eigenvalue weighted by Gasteiger charge is 2.53. The number of hydrogen-bond donors (Lipinski definition) is 0. The van der Waals surface area contributed by atoms with Crippen molar-refractivity contribution in [2.45, 2.75) is 30.7 Å². The summed E-state index contributed by atoms with van der Waals surface area (Å²) in [5, 5.41) is 0. The first kappa shape index (κ1) is 19.6. The van der Waals surface area contributed by atoms with Crippen LogP contribution in [-0.2, 0) is 29.6 Å². The molecule has 4 rings (SSSR count). The van der Waals surface area contributed by atoms with E-state index < -0.39 is 39.8 Å². The van der Waals surface area contributed by atoms with Gasteiger partial charge in [0.15, 0.2) is 16.4 Å². The summed E-state index contributed by atoms with van der Waals surface area (Å²) in [6.45, 7) is -0.404. The number of carbonyl (C=O) groups excluding carboxylic acids is 2. The van der Waals surface area contributed by atoms with Gasteiger partial charge in [-0.3, -0.25) is 9.59 Å². The standard InChI is InChI=1S/C22H23NO5S/c24-20(15-28-21(25)22(12-13-22)17-7-3-1-4-8-17)23(18-9-5-2-6-10-18)19-11-14-29(26,27)16-19/h1-10,19H,11-16H2/t19-/m1/s1. The molecule has 1 aliphatic heterocycles. The summed E-state index contributed by atoms with van der Waals surface area (Å²) in [7, 11) is -3.16. The van der Waals surface area contributed by atoms with Gasteiger partial charge in [-0.25, -0.2) is 8.42 Å². The molecule has 6 nitrogen and oxygen atoms in total. The Hall–Kier alpha value is -2.67. The van der Waals surface area contributed by atoms with Crippen LogP contribution >= 0.6 is 0 Å². The predicted octanol–water partition coefficient (Wildman–Crippen LogP) is 2.48. The molecule has 0 unspecified atom stereocenters. The number of nitrogens with zero attached hydrogens (tertiary/aromatic N) is 1. The van der Waals surface area contributed by atoms with Crippen LogP contribution in [0, 0.1) is 0 Å². The van der Waals surface area contributed by atoms with Gasteiger partial charge in [-0.2, -0.15) is 0 Å². The molecule has 2 aliphatic rings. The van der Waals surface area contributed by atoms with E-state index >= 15 is 0 Å². The molecule has 0 bridgehead atoms. The lowest BCUT2D eigenvalue weighted by atomic mass is 9.96. The monoisotopic (exact) mass is 413 g/mol. The van der Waals surface area contributed by atoms with Crippen LogP contribution < -0.4 is 4.90 Å². The van der Waals surface area contributed by atoms with E-state index in [1.807, 2.05) is 36.4 Å². The van der Waals surface area contributed by atoms with Crippen LogP contribution in [0.15, 0.2) is 60.7 Å². The molecule has 7 heteroatoms. The zero-order valence-electron chi connectivity index (χ0n) is 16.0. The lowest BCUT2D eigenvalue weighted by Crippen LogP contribution is -2.44. The molecule has 0 radical (unpaired) electrons. The molecule has 0 N–H and O–H groups in total. The highest BCUT2D eigenvalue weighted by molar-refractivity contribution is 7.91. The number of carbonyl (C=O) groups is 2. The van der Waals surface area contributed by atoms with Gasteiger partial charge in [0, 0.05) is 5.69 Å². The average Bonchev–Trinajstić information content (AvgIpc) is 3.47. The Morgan fingerprint density at radius 1 is 1.00 bits per heavy atom. The van der Waals surface area contributed by atoms with Crippen LogP contribution in [0.1, 0.15) is 24.8 Å². The number of para-hydroxylation sites is 1. The normalized spacial score (nSPS) is 21.3. The summed E-state index contributed by atoms with van der Waals surface area (Å²) < 4.78 is 29.3. The van der Waals surface area contributed by atoms with Gasteiger partial charge in [-0.1, -0.05) is 48.5 Å². The summed E-state index contributed by atoms with van der Waals surface area (Å²) in [4.78, 5) is 27.2. The Bertz CT molecular complexity index is 1000. The third-order valence-corrected chi connectivity index (χ3v) is 7.42. The van der Waals surface area contributed by atoms with E-state index in [2.05, 4.69) is 0 Å². The van der Waals surface area contributed by atoms with Crippen LogP contribution in [0.2, 0.25) is 0 Å². The smallest absolute Gasteiger partial charge is 0.317 e. The van der Waals surface area contributed by atoms with E-state index in [1.165, 1.54) is 4.90 Å². The zero-order chi connectivity index (χ0) is 20.5. The molecule has 29 heavy (non-hydrogen) atoms. The second kappa shape index (κ2) is 7.63. The topological polar surface area (TPSA) is 80.8 Å². The minimum atomic E-state index is -3.16. The van der Waals surface area contributed by atoms with Crippen LogP contribution in [0.5, 0.6) is 0 Å². The summed E-state index contributed by atoms with van der Waals surface area (Å²) in [6.07, 6.45) is 1.78. The summed E-state index contributed by atoms with van der Waals surface area (Å²) in [6, 6.07) is 17.9. The van der Waals surface area contributed by atoms with Gasteiger partial charge >= 0.3 is 5.97 Å². The van der Waals surface area contributed by atoms with Crippen molar-refractivity contribution in [2.24, 2.45) is 0 Å². The first-order valence-corrected chi connectivity index (χ1v) is 11.5. The van der Waals surface area contributed by atoms with Gasteiger partial charge in [0.2, 0.25) is 0 Å². The Kier molecular flexibility index (Phi) is 5.17. The van der Waals surface area contributed by atoms with E-state index in [4.69, 9.17) is 4.74 Å². The predicted molar refractivity (Wildman–Crippen MR) is 109 cm³/mol. The fourth-order valence-corrected chi connectivity index (χ4v) is 5.65. The number of benzene rings is 2. The second-order valence-corrected chi connectivity index (χ2v) is 9.91. The van der Waals surface area contributed by atoms with Crippen LogP contribution in [0.25, 0.3) is 0 Å². The van der Waals surface area contributed by atoms with Crippen LogP contribution in [0.3, 0.4) is 0 Å². The molecule has 1 amide bonds. The lowest BCUT2D eigenvalue weighted by molar-refractivity contribution is -0.150. The number of amides is 1.